The van der Waals surface area contributed by atoms with E-state index in [0.717, 1.165) is 34.5 Å². The van der Waals surface area contributed by atoms with E-state index in [4.69, 9.17) is 21.7 Å². The van der Waals surface area contributed by atoms with Crippen LogP contribution in [0.3, 0.4) is 0 Å². The minimum absolute atomic E-state index is 0.123. The normalized spacial score (nSPS) is 22.2. The standard InChI is InChI=1S/C29H31N3O3S/c1-18-10-12-23(19(2)16-18)30-27(33)25-26-22-17-21(34-4)11-13-24(22)35-29(25,3)32(28(36)31-26)15-14-20-8-6-5-7-9-20/h5-13,16-17,25-26H,14-15H2,1-4H3,(H,30,33)(H,31,36)/t25-,26+,29+/m0/s1. The number of carbonyl (C=O) groups is 1. The van der Waals surface area contributed by atoms with Crippen molar-refractivity contribution in [2.45, 2.75) is 39.0 Å². The molecule has 3 aromatic carbocycles. The van der Waals surface area contributed by atoms with Crippen molar-refractivity contribution in [3.8, 4) is 11.5 Å². The summed E-state index contributed by atoms with van der Waals surface area (Å²) in [4.78, 5) is 16.0. The Bertz CT molecular complexity index is 1310. The van der Waals surface area contributed by atoms with E-state index < -0.39 is 11.6 Å². The highest BCUT2D eigenvalue weighted by atomic mass is 32.1. The first-order valence-electron chi connectivity index (χ1n) is 12.2. The van der Waals surface area contributed by atoms with Crippen molar-refractivity contribution >= 4 is 28.9 Å². The third-order valence-electron chi connectivity index (χ3n) is 7.23. The number of hydrogen-bond donors (Lipinski definition) is 2. The van der Waals surface area contributed by atoms with E-state index in [2.05, 4.69) is 28.8 Å². The maximum atomic E-state index is 14.0. The Morgan fingerprint density at radius 1 is 1.14 bits per heavy atom. The van der Waals surface area contributed by atoms with Gasteiger partial charge in [0.25, 0.3) is 0 Å². The second-order valence-corrected chi connectivity index (χ2v) is 10.0. The first-order chi connectivity index (χ1) is 17.3. The molecular formula is C29H31N3O3S. The van der Waals surface area contributed by atoms with Gasteiger partial charge in [-0.2, -0.15) is 0 Å². The van der Waals surface area contributed by atoms with E-state index >= 15 is 0 Å². The van der Waals surface area contributed by atoms with Gasteiger partial charge in [-0.3, -0.25) is 4.79 Å². The van der Waals surface area contributed by atoms with Gasteiger partial charge in [0.1, 0.15) is 17.4 Å². The minimum Gasteiger partial charge on any atom is -0.497 e. The summed E-state index contributed by atoms with van der Waals surface area (Å²) in [5, 5.41) is 7.21. The van der Waals surface area contributed by atoms with Crippen LogP contribution in [0.5, 0.6) is 11.5 Å². The molecule has 5 rings (SSSR count). The Labute approximate surface area is 217 Å². The molecule has 6 nitrogen and oxygen atoms in total. The molecule has 0 aliphatic carbocycles. The van der Waals surface area contributed by atoms with Crippen molar-refractivity contribution < 1.29 is 14.3 Å². The zero-order valence-electron chi connectivity index (χ0n) is 21.0. The average molecular weight is 502 g/mol. The number of anilines is 1. The molecule has 1 amide bonds. The topological polar surface area (TPSA) is 62.8 Å². The van der Waals surface area contributed by atoms with Crippen LogP contribution in [-0.4, -0.2) is 35.3 Å². The van der Waals surface area contributed by atoms with Crippen molar-refractivity contribution in [1.29, 1.82) is 0 Å². The monoisotopic (exact) mass is 501 g/mol. The first-order valence-corrected chi connectivity index (χ1v) is 12.6. The number of rotatable bonds is 6. The second kappa shape index (κ2) is 9.47. The van der Waals surface area contributed by atoms with E-state index in [0.29, 0.717) is 17.4 Å². The molecule has 2 aliphatic heterocycles. The van der Waals surface area contributed by atoms with E-state index in [1.807, 2.05) is 74.2 Å². The van der Waals surface area contributed by atoms with Gasteiger partial charge in [-0.25, -0.2) is 0 Å². The number of hydrogen-bond acceptors (Lipinski definition) is 4. The third-order valence-corrected chi connectivity index (χ3v) is 7.57. The molecular weight excluding hydrogens is 470 g/mol. The lowest BCUT2D eigenvalue weighted by Gasteiger charge is -2.56. The van der Waals surface area contributed by atoms with Gasteiger partial charge in [-0.15, -0.1) is 0 Å². The van der Waals surface area contributed by atoms with Gasteiger partial charge in [0, 0.05) is 17.8 Å². The Morgan fingerprint density at radius 3 is 2.64 bits per heavy atom. The summed E-state index contributed by atoms with van der Waals surface area (Å²) >= 11 is 5.84. The number of ether oxygens (including phenoxy) is 2. The van der Waals surface area contributed by atoms with E-state index in [-0.39, 0.29) is 11.9 Å². The highest BCUT2D eigenvalue weighted by Crippen LogP contribution is 2.49. The summed E-state index contributed by atoms with van der Waals surface area (Å²) in [5.74, 6) is 0.732. The number of benzene rings is 3. The zero-order chi connectivity index (χ0) is 25.4. The SMILES string of the molecule is COc1ccc2c(c1)[C@H]1NC(=S)N(CCc3ccccc3)[C@](C)(O2)[C@@H]1C(=O)Nc1ccc(C)cc1C. The molecule has 7 heteroatoms. The Balaban J connectivity index is 1.53. The maximum absolute atomic E-state index is 14.0. The second-order valence-electron chi connectivity index (χ2n) is 9.66. The van der Waals surface area contributed by atoms with Gasteiger partial charge in [0.2, 0.25) is 5.91 Å². The lowest BCUT2D eigenvalue weighted by molar-refractivity contribution is -0.149. The smallest absolute Gasteiger partial charge is 0.236 e. The summed E-state index contributed by atoms with van der Waals surface area (Å²) in [5.41, 5.74) is 4.03. The van der Waals surface area contributed by atoms with Gasteiger partial charge >= 0.3 is 0 Å². The van der Waals surface area contributed by atoms with Crippen molar-refractivity contribution in [2.75, 3.05) is 19.0 Å². The fourth-order valence-electron chi connectivity index (χ4n) is 5.33. The van der Waals surface area contributed by atoms with Crippen LogP contribution < -0.4 is 20.1 Å². The van der Waals surface area contributed by atoms with Crippen LogP contribution >= 0.6 is 12.2 Å². The fraction of sp³-hybridized carbons (Fsp3) is 0.310. The third kappa shape index (κ3) is 4.28. The maximum Gasteiger partial charge on any atom is 0.236 e. The van der Waals surface area contributed by atoms with Crippen LogP contribution in [0.2, 0.25) is 0 Å². The highest BCUT2D eigenvalue weighted by molar-refractivity contribution is 7.80. The molecule has 0 unspecified atom stereocenters. The first kappa shape index (κ1) is 24.1. The Hall–Kier alpha value is -3.58. The molecule has 2 aliphatic rings. The van der Waals surface area contributed by atoms with Gasteiger partial charge in [0.15, 0.2) is 10.8 Å². The number of carbonyl (C=O) groups excluding carboxylic acids is 1. The number of thiocarbonyl (C=S) groups is 1. The van der Waals surface area contributed by atoms with Crippen molar-refractivity contribution in [3.05, 3.63) is 89.0 Å². The molecule has 0 radical (unpaired) electrons. The fourth-order valence-corrected chi connectivity index (χ4v) is 5.73. The Kier molecular flexibility index (Phi) is 6.35. The predicted molar refractivity (Wildman–Crippen MR) is 145 cm³/mol. The molecule has 186 valence electrons. The highest BCUT2D eigenvalue weighted by Gasteiger charge is 2.58. The lowest BCUT2D eigenvalue weighted by Crippen LogP contribution is -2.71. The molecule has 2 heterocycles. The average Bonchev–Trinajstić information content (AvgIpc) is 2.85. The number of amides is 1. The number of nitrogens with zero attached hydrogens (tertiary/aromatic N) is 1. The van der Waals surface area contributed by atoms with Crippen molar-refractivity contribution in [2.24, 2.45) is 5.92 Å². The van der Waals surface area contributed by atoms with Crippen LogP contribution in [0.1, 0.15) is 35.2 Å². The van der Waals surface area contributed by atoms with Gasteiger partial charge in [-0.1, -0.05) is 48.0 Å². The molecule has 3 aromatic rings. The summed E-state index contributed by atoms with van der Waals surface area (Å²) in [7, 11) is 1.63. The molecule has 0 spiro atoms. The molecule has 3 atom stereocenters. The summed E-state index contributed by atoms with van der Waals surface area (Å²) in [6.07, 6.45) is 0.771. The van der Waals surface area contributed by atoms with Crippen LogP contribution in [0, 0.1) is 19.8 Å². The van der Waals surface area contributed by atoms with E-state index in [1.54, 1.807) is 7.11 Å². The van der Waals surface area contributed by atoms with Crippen molar-refractivity contribution in [3.63, 3.8) is 0 Å². The van der Waals surface area contributed by atoms with E-state index in [9.17, 15) is 4.79 Å². The van der Waals surface area contributed by atoms with Crippen LogP contribution in [0.15, 0.2) is 66.7 Å². The van der Waals surface area contributed by atoms with Crippen LogP contribution in [0.25, 0.3) is 0 Å². The number of methoxy groups -OCH3 is 1. The zero-order valence-corrected chi connectivity index (χ0v) is 21.8. The summed E-state index contributed by atoms with van der Waals surface area (Å²) in [6.45, 7) is 6.62. The molecule has 2 bridgehead atoms. The van der Waals surface area contributed by atoms with Crippen molar-refractivity contribution in [1.82, 2.24) is 10.2 Å². The van der Waals surface area contributed by atoms with E-state index in [1.165, 1.54) is 5.56 Å². The molecule has 0 aromatic heterocycles. The molecule has 1 saturated heterocycles. The van der Waals surface area contributed by atoms with Gasteiger partial charge in [0.05, 0.1) is 13.2 Å². The Morgan fingerprint density at radius 2 is 1.92 bits per heavy atom. The van der Waals surface area contributed by atoms with Crippen LogP contribution in [-0.2, 0) is 11.2 Å². The van der Waals surface area contributed by atoms with Crippen LogP contribution in [0.4, 0.5) is 5.69 Å². The number of fused-ring (bicyclic) bond motifs is 4. The largest absolute Gasteiger partial charge is 0.497 e. The lowest BCUT2D eigenvalue weighted by atomic mass is 9.78. The number of nitrogens with one attached hydrogen (secondary N) is 2. The predicted octanol–water partition coefficient (Wildman–Crippen LogP) is 5.15. The summed E-state index contributed by atoms with van der Waals surface area (Å²) < 4.78 is 12.1. The molecule has 0 saturated carbocycles. The molecule has 1 fully saturated rings. The van der Waals surface area contributed by atoms with Gasteiger partial charge in [-0.05, 0) is 74.8 Å². The molecule has 36 heavy (non-hydrogen) atoms. The quantitative estimate of drug-likeness (QED) is 0.456. The molecule has 2 N–H and O–H groups in total. The van der Waals surface area contributed by atoms with Gasteiger partial charge < -0.3 is 25.0 Å². The minimum atomic E-state index is -0.980. The number of aryl methyl sites for hydroxylation is 2. The summed E-state index contributed by atoms with van der Waals surface area (Å²) in [6, 6.07) is 21.6.